The van der Waals surface area contributed by atoms with Crippen LogP contribution >= 0.6 is 15.9 Å². The van der Waals surface area contributed by atoms with E-state index in [1.54, 1.807) is 13.0 Å². The number of benzene rings is 2. The van der Waals surface area contributed by atoms with Crippen molar-refractivity contribution in [3.05, 3.63) is 62.1 Å². The lowest BCUT2D eigenvalue weighted by atomic mass is 10.2. The molecule has 5 nitrogen and oxygen atoms in total. The number of non-ortho nitro benzene ring substituents is 1. The molecule has 0 saturated heterocycles. The van der Waals surface area contributed by atoms with E-state index in [4.69, 9.17) is 4.74 Å². The maximum atomic E-state index is 10.7. The zero-order valence-corrected chi connectivity index (χ0v) is 13.3. The van der Waals surface area contributed by atoms with Crippen LogP contribution in [0.5, 0.6) is 11.5 Å². The molecular weight excluding hydrogens is 336 g/mol. The molecule has 0 aliphatic heterocycles. The van der Waals surface area contributed by atoms with Gasteiger partial charge in [-0.25, -0.2) is 0 Å². The number of rotatable bonds is 5. The van der Waals surface area contributed by atoms with E-state index in [0.29, 0.717) is 11.5 Å². The molecule has 0 aliphatic carbocycles. The topological polar surface area (TPSA) is 64.4 Å². The van der Waals surface area contributed by atoms with Crippen molar-refractivity contribution in [2.75, 3.05) is 7.05 Å². The second-order valence-corrected chi connectivity index (χ2v) is 5.46. The molecule has 0 fully saturated rings. The third kappa shape index (κ3) is 3.80. The zero-order chi connectivity index (χ0) is 15.4. The van der Waals surface area contributed by atoms with Crippen molar-refractivity contribution in [2.45, 2.75) is 13.5 Å². The number of aryl methyl sites for hydroxylation is 1. The van der Waals surface area contributed by atoms with Crippen LogP contribution in [-0.4, -0.2) is 12.0 Å². The van der Waals surface area contributed by atoms with E-state index in [-0.39, 0.29) is 5.69 Å². The van der Waals surface area contributed by atoms with Crippen LogP contribution in [0, 0.1) is 17.0 Å². The lowest BCUT2D eigenvalue weighted by molar-refractivity contribution is -0.384. The van der Waals surface area contributed by atoms with E-state index in [1.807, 2.05) is 25.2 Å². The third-order valence-electron chi connectivity index (χ3n) is 2.97. The molecule has 0 aromatic heterocycles. The van der Waals surface area contributed by atoms with Gasteiger partial charge in [0, 0.05) is 18.7 Å². The van der Waals surface area contributed by atoms with Crippen molar-refractivity contribution < 1.29 is 9.66 Å². The van der Waals surface area contributed by atoms with Crippen molar-refractivity contribution in [2.24, 2.45) is 0 Å². The van der Waals surface area contributed by atoms with Crippen LogP contribution in [-0.2, 0) is 6.54 Å². The molecule has 21 heavy (non-hydrogen) atoms. The number of nitro benzene ring substituents is 1. The molecule has 2 aromatic carbocycles. The van der Waals surface area contributed by atoms with E-state index >= 15 is 0 Å². The first-order valence-electron chi connectivity index (χ1n) is 6.37. The first-order chi connectivity index (χ1) is 10.0. The molecule has 2 aromatic rings. The van der Waals surface area contributed by atoms with Gasteiger partial charge in [-0.2, -0.15) is 0 Å². The summed E-state index contributed by atoms with van der Waals surface area (Å²) in [5.41, 5.74) is 1.91. The van der Waals surface area contributed by atoms with Gasteiger partial charge in [0.15, 0.2) is 0 Å². The second kappa shape index (κ2) is 6.69. The summed E-state index contributed by atoms with van der Waals surface area (Å²) in [7, 11) is 1.89. The maximum Gasteiger partial charge on any atom is 0.269 e. The molecule has 0 radical (unpaired) electrons. The highest BCUT2D eigenvalue weighted by molar-refractivity contribution is 9.10. The Labute approximate surface area is 131 Å². The number of hydrogen-bond acceptors (Lipinski definition) is 4. The normalized spacial score (nSPS) is 10.4. The Hall–Kier alpha value is -1.92. The minimum Gasteiger partial charge on any atom is -0.456 e. The largest absolute Gasteiger partial charge is 0.456 e. The van der Waals surface area contributed by atoms with Crippen molar-refractivity contribution in [1.82, 2.24) is 5.32 Å². The first-order valence-corrected chi connectivity index (χ1v) is 7.16. The highest BCUT2D eigenvalue weighted by atomic mass is 79.9. The Morgan fingerprint density at radius 1 is 1.24 bits per heavy atom. The number of halogens is 1. The van der Waals surface area contributed by atoms with Crippen LogP contribution < -0.4 is 10.1 Å². The molecule has 0 amide bonds. The molecule has 0 spiro atoms. The van der Waals surface area contributed by atoms with E-state index in [9.17, 15) is 10.1 Å². The van der Waals surface area contributed by atoms with Crippen molar-refractivity contribution in [3.63, 3.8) is 0 Å². The monoisotopic (exact) mass is 350 g/mol. The highest BCUT2D eigenvalue weighted by Crippen LogP contribution is 2.33. The Balaban J connectivity index is 2.24. The van der Waals surface area contributed by atoms with E-state index in [2.05, 4.69) is 21.2 Å². The molecule has 1 N–H and O–H groups in total. The number of hydrogen-bond donors (Lipinski definition) is 1. The van der Waals surface area contributed by atoms with Gasteiger partial charge in [0.1, 0.15) is 11.5 Å². The van der Waals surface area contributed by atoms with Crippen LogP contribution in [0.1, 0.15) is 11.1 Å². The SMILES string of the molecule is CNCc1ccc(Oc2ccc([N+](=O)[O-])cc2C)c(Br)c1. The van der Waals surface area contributed by atoms with Crippen LogP contribution in [0.15, 0.2) is 40.9 Å². The molecule has 0 unspecified atom stereocenters. The quantitative estimate of drug-likeness (QED) is 0.648. The summed E-state index contributed by atoms with van der Waals surface area (Å²) in [6.07, 6.45) is 0. The van der Waals surface area contributed by atoms with Crippen molar-refractivity contribution in [3.8, 4) is 11.5 Å². The van der Waals surface area contributed by atoms with Gasteiger partial charge in [-0.1, -0.05) is 6.07 Å². The van der Waals surface area contributed by atoms with E-state index in [1.165, 1.54) is 12.1 Å². The van der Waals surface area contributed by atoms with Gasteiger partial charge in [-0.05, 0) is 59.2 Å². The van der Waals surface area contributed by atoms with Gasteiger partial charge in [0.25, 0.3) is 5.69 Å². The molecule has 0 atom stereocenters. The summed E-state index contributed by atoms with van der Waals surface area (Å²) in [5, 5.41) is 13.8. The van der Waals surface area contributed by atoms with Gasteiger partial charge in [0.2, 0.25) is 0 Å². The predicted molar refractivity (Wildman–Crippen MR) is 84.8 cm³/mol. The predicted octanol–water partition coefficient (Wildman–Crippen LogP) is 4.18. The average Bonchev–Trinajstić information content (AvgIpc) is 2.43. The Kier molecular flexibility index (Phi) is 4.93. The van der Waals surface area contributed by atoms with Gasteiger partial charge >= 0.3 is 0 Å². The van der Waals surface area contributed by atoms with Crippen LogP contribution in [0.25, 0.3) is 0 Å². The Morgan fingerprint density at radius 2 is 1.95 bits per heavy atom. The third-order valence-corrected chi connectivity index (χ3v) is 3.59. The van der Waals surface area contributed by atoms with Gasteiger partial charge < -0.3 is 10.1 Å². The average molecular weight is 351 g/mol. The first kappa shape index (κ1) is 15.5. The molecule has 0 aliphatic rings. The summed E-state index contributed by atoms with van der Waals surface area (Å²) in [6, 6.07) is 10.4. The minimum absolute atomic E-state index is 0.0586. The molecule has 2 rings (SSSR count). The Bertz CT molecular complexity index is 674. The number of ether oxygens (including phenoxy) is 1. The van der Waals surface area contributed by atoms with Gasteiger partial charge in [-0.15, -0.1) is 0 Å². The second-order valence-electron chi connectivity index (χ2n) is 4.60. The molecule has 0 bridgehead atoms. The summed E-state index contributed by atoms with van der Waals surface area (Å²) in [6.45, 7) is 2.56. The van der Waals surface area contributed by atoms with Crippen molar-refractivity contribution >= 4 is 21.6 Å². The number of nitrogens with zero attached hydrogens (tertiary/aromatic N) is 1. The lowest BCUT2D eigenvalue weighted by Crippen LogP contribution is -2.04. The van der Waals surface area contributed by atoms with Gasteiger partial charge in [0.05, 0.1) is 9.40 Å². The minimum atomic E-state index is -0.417. The lowest BCUT2D eigenvalue weighted by Gasteiger charge is -2.11. The van der Waals surface area contributed by atoms with Crippen LogP contribution in [0.2, 0.25) is 0 Å². The standard InChI is InChI=1S/C15H15BrN2O3/c1-10-7-12(18(19)20)4-6-14(10)21-15-5-3-11(9-17-2)8-13(15)16/h3-8,17H,9H2,1-2H3. The fraction of sp³-hybridized carbons (Fsp3) is 0.200. The Morgan fingerprint density at radius 3 is 2.52 bits per heavy atom. The molecular formula is C15H15BrN2O3. The van der Waals surface area contributed by atoms with Crippen molar-refractivity contribution in [1.29, 1.82) is 0 Å². The molecule has 110 valence electrons. The molecule has 0 heterocycles. The summed E-state index contributed by atoms with van der Waals surface area (Å²) < 4.78 is 6.66. The highest BCUT2D eigenvalue weighted by Gasteiger charge is 2.11. The fourth-order valence-corrected chi connectivity index (χ4v) is 2.43. The number of nitrogens with one attached hydrogen (secondary N) is 1. The summed E-state index contributed by atoms with van der Waals surface area (Å²) in [5.74, 6) is 1.27. The molecule has 0 saturated carbocycles. The van der Waals surface area contributed by atoms with E-state index < -0.39 is 4.92 Å². The van der Waals surface area contributed by atoms with E-state index in [0.717, 1.165) is 22.1 Å². The van der Waals surface area contributed by atoms with Crippen LogP contribution in [0.4, 0.5) is 5.69 Å². The summed E-state index contributed by atoms with van der Waals surface area (Å²) in [4.78, 5) is 10.3. The fourth-order valence-electron chi connectivity index (χ4n) is 1.92. The zero-order valence-electron chi connectivity index (χ0n) is 11.7. The molecule has 6 heteroatoms. The van der Waals surface area contributed by atoms with Crippen LogP contribution in [0.3, 0.4) is 0 Å². The summed E-state index contributed by atoms with van der Waals surface area (Å²) >= 11 is 3.48. The number of nitro groups is 1. The van der Waals surface area contributed by atoms with Gasteiger partial charge in [-0.3, -0.25) is 10.1 Å². The smallest absolute Gasteiger partial charge is 0.269 e. The maximum absolute atomic E-state index is 10.7.